The van der Waals surface area contributed by atoms with E-state index in [1.54, 1.807) is 13.3 Å². The maximum Gasteiger partial charge on any atom is 0.246 e. The lowest BCUT2D eigenvalue weighted by molar-refractivity contribution is -0.116. The van der Waals surface area contributed by atoms with E-state index in [1.165, 1.54) is 11.3 Å². The number of benzene rings is 1. The lowest BCUT2D eigenvalue weighted by Gasteiger charge is -2.06. The zero-order valence-corrected chi connectivity index (χ0v) is 11.7. The summed E-state index contributed by atoms with van der Waals surface area (Å²) in [6, 6.07) is 7.75. The Labute approximate surface area is 119 Å². The summed E-state index contributed by atoms with van der Waals surface area (Å²) < 4.78 is 7.09. The van der Waals surface area contributed by atoms with Gasteiger partial charge in [0.2, 0.25) is 5.91 Å². The Morgan fingerprint density at radius 3 is 3.10 bits per heavy atom. The van der Waals surface area contributed by atoms with Crippen molar-refractivity contribution in [1.82, 2.24) is 9.55 Å². The molecule has 0 bridgehead atoms. The van der Waals surface area contributed by atoms with Crippen LogP contribution < -0.4 is 10.1 Å². The predicted molar refractivity (Wildman–Crippen MR) is 79.2 cm³/mol. The van der Waals surface area contributed by atoms with Gasteiger partial charge in [-0.15, -0.1) is 11.3 Å². The van der Waals surface area contributed by atoms with Crippen molar-refractivity contribution >= 4 is 33.3 Å². The van der Waals surface area contributed by atoms with Crippen LogP contribution in [-0.2, 0) is 11.3 Å². The van der Waals surface area contributed by atoms with Crippen LogP contribution >= 0.6 is 11.3 Å². The Morgan fingerprint density at radius 1 is 1.45 bits per heavy atom. The Bertz CT molecular complexity index is 734. The molecule has 2 heterocycles. The van der Waals surface area contributed by atoms with E-state index in [1.807, 2.05) is 40.4 Å². The summed E-state index contributed by atoms with van der Waals surface area (Å²) in [6.07, 6.45) is 3.56. The van der Waals surface area contributed by atoms with Crippen LogP contribution in [0.1, 0.15) is 0 Å². The summed E-state index contributed by atoms with van der Waals surface area (Å²) in [5, 5.41) is 6.26. The van der Waals surface area contributed by atoms with Gasteiger partial charge in [-0.25, -0.2) is 4.98 Å². The van der Waals surface area contributed by atoms with Gasteiger partial charge in [0.25, 0.3) is 0 Å². The smallest absolute Gasteiger partial charge is 0.246 e. The molecular formula is C14H13N3O2S. The summed E-state index contributed by atoms with van der Waals surface area (Å²) >= 11 is 1.40. The number of hydrogen-bond donors (Lipinski definition) is 1. The second-order valence-corrected chi connectivity index (χ2v) is 5.15. The first-order valence-electron chi connectivity index (χ1n) is 6.08. The maximum atomic E-state index is 12.0. The number of fused-ring (bicyclic) bond motifs is 1. The number of rotatable bonds is 4. The molecule has 0 fully saturated rings. The summed E-state index contributed by atoms with van der Waals surface area (Å²) in [5.41, 5.74) is 1.00. The number of anilines is 1. The minimum Gasteiger partial charge on any atom is -0.497 e. The van der Waals surface area contributed by atoms with Crippen molar-refractivity contribution in [2.45, 2.75) is 6.54 Å². The Morgan fingerprint density at radius 2 is 2.35 bits per heavy atom. The molecule has 0 saturated carbocycles. The molecule has 0 spiro atoms. The average molecular weight is 287 g/mol. The lowest BCUT2D eigenvalue weighted by atomic mass is 10.2. The van der Waals surface area contributed by atoms with Crippen LogP contribution in [0.15, 0.2) is 42.0 Å². The van der Waals surface area contributed by atoms with Gasteiger partial charge in [0.1, 0.15) is 12.3 Å². The van der Waals surface area contributed by atoms with Crippen molar-refractivity contribution in [3.8, 4) is 5.75 Å². The monoisotopic (exact) mass is 287 g/mol. The molecule has 102 valence electrons. The molecule has 0 radical (unpaired) electrons. The molecule has 0 saturated heterocycles. The third kappa shape index (κ3) is 2.50. The van der Waals surface area contributed by atoms with Gasteiger partial charge < -0.3 is 14.6 Å². The number of methoxy groups -OCH3 is 1. The van der Waals surface area contributed by atoms with E-state index in [2.05, 4.69) is 10.3 Å². The molecular weight excluding hydrogens is 274 g/mol. The topological polar surface area (TPSA) is 56.1 Å². The zero-order chi connectivity index (χ0) is 13.9. The van der Waals surface area contributed by atoms with Crippen molar-refractivity contribution < 1.29 is 9.53 Å². The molecule has 2 aromatic heterocycles. The number of nitrogens with one attached hydrogen (secondary N) is 1. The van der Waals surface area contributed by atoms with Crippen LogP contribution in [0.3, 0.4) is 0 Å². The lowest BCUT2D eigenvalue weighted by Crippen LogP contribution is -2.17. The molecule has 0 unspecified atom stereocenters. The third-order valence-electron chi connectivity index (χ3n) is 2.97. The standard InChI is InChI=1S/C14H13N3O2S/c1-19-11-2-3-12-10(8-11)4-6-17(12)9-13(18)16-14-15-5-7-20-14/h2-8H,9H2,1H3,(H,15,16,18). The van der Waals surface area contributed by atoms with E-state index < -0.39 is 0 Å². The molecule has 0 aliphatic carbocycles. The van der Waals surface area contributed by atoms with E-state index in [-0.39, 0.29) is 12.5 Å². The number of ether oxygens (including phenoxy) is 1. The van der Waals surface area contributed by atoms with Crippen LogP contribution in [0.25, 0.3) is 10.9 Å². The van der Waals surface area contributed by atoms with E-state index >= 15 is 0 Å². The normalized spacial score (nSPS) is 10.7. The van der Waals surface area contributed by atoms with Gasteiger partial charge in [0.15, 0.2) is 5.13 Å². The molecule has 1 amide bonds. The maximum absolute atomic E-state index is 12.0. The SMILES string of the molecule is COc1ccc2c(ccn2CC(=O)Nc2nccs2)c1. The van der Waals surface area contributed by atoms with Crippen LogP contribution in [0.2, 0.25) is 0 Å². The molecule has 6 heteroatoms. The highest BCUT2D eigenvalue weighted by molar-refractivity contribution is 7.13. The van der Waals surface area contributed by atoms with Gasteiger partial charge >= 0.3 is 0 Å². The highest BCUT2D eigenvalue weighted by Gasteiger charge is 2.08. The van der Waals surface area contributed by atoms with Crippen molar-refractivity contribution in [1.29, 1.82) is 0 Å². The van der Waals surface area contributed by atoms with Crippen molar-refractivity contribution in [3.05, 3.63) is 42.0 Å². The first-order valence-corrected chi connectivity index (χ1v) is 6.96. The molecule has 1 aromatic carbocycles. The number of carbonyl (C=O) groups excluding carboxylic acids is 1. The van der Waals surface area contributed by atoms with Gasteiger partial charge in [-0.1, -0.05) is 0 Å². The fraction of sp³-hybridized carbons (Fsp3) is 0.143. The van der Waals surface area contributed by atoms with Crippen molar-refractivity contribution in [3.63, 3.8) is 0 Å². The molecule has 1 N–H and O–H groups in total. The van der Waals surface area contributed by atoms with Crippen LogP contribution in [-0.4, -0.2) is 22.6 Å². The van der Waals surface area contributed by atoms with Crippen molar-refractivity contribution in [2.24, 2.45) is 0 Å². The van der Waals surface area contributed by atoms with Crippen LogP contribution in [0.5, 0.6) is 5.75 Å². The number of hydrogen-bond acceptors (Lipinski definition) is 4. The number of aromatic nitrogens is 2. The molecule has 0 aliphatic rings. The van der Waals surface area contributed by atoms with Gasteiger partial charge in [-0.05, 0) is 24.3 Å². The van der Waals surface area contributed by atoms with E-state index in [4.69, 9.17) is 4.74 Å². The van der Waals surface area contributed by atoms with Gasteiger partial charge in [-0.3, -0.25) is 4.79 Å². The minimum absolute atomic E-state index is 0.0896. The van der Waals surface area contributed by atoms with E-state index in [0.29, 0.717) is 5.13 Å². The minimum atomic E-state index is -0.0896. The molecule has 3 rings (SSSR count). The Balaban J connectivity index is 1.79. The Kier molecular flexibility index (Phi) is 3.39. The summed E-state index contributed by atoms with van der Waals surface area (Å²) in [7, 11) is 1.64. The van der Waals surface area contributed by atoms with Crippen molar-refractivity contribution in [2.75, 3.05) is 12.4 Å². The van der Waals surface area contributed by atoms with Crippen LogP contribution in [0, 0.1) is 0 Å². The number of nitrogens with zero attached hydrogens (tertiary/aromatic N) is 2. The second kappa shape index (κ2) is 5.34. The number of amides is 1. The highest BCUT2D eigenvalue weighted by atomic mass is 32.1. The highest BCUT2D eigenvalue weighted by Crippen LogP contribution is 2.22. The molecule has 20 heavy (non-hydrogen) atoms. The molecule has 5 nitrogen and oxygen atoms in total. The number of thiazole rings is 1. The zero-order valence-electron chi connectivity index (χ0n) is 10.9. The quantitative estimate of drug-likeness (QED) is 0.802. The summed E-state index contributed by atoms with van der Waals surface area (Å²) in [6.45, 7) is 0.259. The van der Waals surface area contributed by atoms with E-state index in [0.717, 1.165) is 16.7 Å². The van der Waals surface area contributed by atoms with Gasteiger partial charge in [-0.2, -0.15) is 0 Å². The first kappa shape index (κ1) is 12.7. The molecule has 0 aliphatic heterocycles. The summed E-state index contributed by atoms with van der Waals surface area (Å²) in [4.78, 5) is 16.0. The largest absolute Gasteiger partial charge is 0.497 e. The van der Waals surface area contributed by atoms with Crippen LogP contribution in [0.4, 0.5) is 5.13 Å². The fourth-order valence-electron chi connectivity index (χ4n) is 2.04. The first-order chi connectivity index (χ1) is 9.76. The van der Waals surface area contributed by atoms with Gasteiger partial charge in [0.05, 0.1) is 7.11 Å². The number of carbonyl (C=O) groups is 1. The fourth-order valence-corrected chi connectivity index (χ4v) is 2.59. The molecule has 0 atom stereocenters. The molecule has 3 aromatic rings. The predicted octanol–water partition coefficient (Wildman–Crippen LogP) is 2.75. The van der Waals surface area contributed by atoms with E-state index in [9.17, 15) is 4.79 Å². The third-order valence-corrected chi connectivity index (χ3v) is 3.66. The Hall–Kier alpha value is -2.34. The average Bonchev–Trinajstić information content (AvgIpc) is 3.08. The van der Waals surface area contributed by atoms with Gasteiger partial charge in [0, 0.05) is 28.7 Å². The second-order valence-electron chi connectivity index (χ2n) is 4.25. The summed E-state index contributed by atoms with van der Waals surface area (Å²) in [5.74, 6) is 0.718.